The van der Waals surface area contributed by atoms with Crippen LogP contribution in [0.2, 0.25) is 0 Å². The second-order valence-electron chi connectivity index (χ2n) is 26.7. The van der Waals surface area contributed by atoms with Gasteiger partial charge in [0.1, 0.15) is 19.3 Å². The van der Waals surface area contributed by atoms with Gasteiger partial charge < -0.3 is 33.8 Å². The van der Waals surface area contributed by atoms with Crippen molar-refractivity contribution in [2.75, 3.05) is 39.6 Å². The molecule has 2 unspecified atom stereocenters. The quantitative estimate of drug-likeness (QED) is 0.0222. The molecule has 3 N–H and O–H groups in total. The Morgan fingerprint density at radius 1 is 0.258 bits per heavy atom. The molecule has 0 heterocycles. The maximum Gasteiger partial charge on any atom is 0.472 e. The van der Waals surface area contributed by atoms with Crippen LogP contribution >= 0.6 is 15.6 Å². The van der Waals surface area contributed by atoms with E-state index in [0.717, 1.165) is 89.9 Å². The lowest BCUT2D eigenvalue weighted by molar-refractivity contribution is -0.161. The van der Waals surface area contributed by atoms with Crippen LogP contribution in [0.1, 0.15) is 394 Å². The maximum absolute atomic E-state index is 13.0. The Hall–Kier alpha value is -1.94. The third-order valence-electron chi connectivity index (χ3n) is 17.4. The van der Waals surface area contributed by atoms with Crippen LogP contribution in [0, 0.1) is 0 Å². The largest absolute Gasteiger partial charge is 0.472 e. The van der Waals surface area contributed by atoms with Gasteiger partial charge in [-0.2, -0.15) is 0 Å². The number of hydrogen-bond acceptors (Lipinski definition) is 15. The Kier molecular flexibility index (Phi) is 67.1. The van der Waals surface area contributed by atoms with E-state index in [-0.39, 0.29) is 25.7 Å². The van der Waals surface area contributed by atoms with Gasteiger partial charge in [-0.25, -0.2) is 9.13 Å². The summed E-state index contributed by atoms with van der Waals surface area (Å²) < 4.78 is 68.5. The fraction of sp³-hybridized carbons (Fsp3) is 0.946. The highest BCUT2D eigenvalue weighted by atomic mass is 31.2. The molecule has 0 radical (unpaired) electrons. The molecular formula is C74H144O17P2. The SMILES string of the molecule is CCCCCCCCCCCCCCCCCC(=O)OC[C@H](COP(=O)(O)OC[C@H](O)COP(=O)(O)OC[C@@H](COC(=O)CCCCCCCCCCCCCCCCC)OC(=O)CCCCCCCCCCCCCC)OC(=O)CCCCCCCCCCCCC. The molecule has 0 bridgehead atoms. The molecule has 0 aliphatic rings. The highest BCUT2D eigenvalue weighted by Gasteiger charge is 2.30. The molecule has 552 valence electrons. The predicted molar refractivity (Wildman–Crippen MR) is 377 cm³/mol. The van der Waals surface area contributed by atoms with Gasteiger partial charge in [0, 0.05) is 25.7 Å². The van der Waals surface area contributed by atoms with Crippen molar-refractivity contribution in [3.63, 3.8) is 0 Å². The summed E-state index contributed by atoms with van der Waals surface area (Å²) in [5.74, 6) is -2.11. The number of ether oxygens (including phenoxy) is 4. The van der Waals surface area contributed by atoms with E-state index in [0.29, 0.717) is 25.7 Å². The van der Waals surface area contributed by atoms with E-state index in [4.69, 9.17) is 37.0 Å². The highest BCUT2D eigenvalue weighted by Crippen LogP contribution is 2.45. The summed E-state index contributed by atoms with van der Waals surface area (Å²) in [5.41, 5.74) is 0. The van der Waals surface area contributed by atoms with E-state index in [1.807, 2.05) is 0 Å². The summed E-state index contributed by atoms with van der Waals surface area (Å²) in [6.45, 7) is 4.98. The van der Waals surface area contributed by atoms with E-state index in [1.165, 1.54) is 225 Å². The van der Waals surface area contributed by atoms with Gasteiger partial charge in [-0.15, -0.1) is 0 Å². The minimum Gasteiger partial charge on any atom is -0.462 e. The van der Waals surface area contributed by atoms with E-state index in [1.54, 1.807) is 0 Å². The summed E-state index contributed by atoms with van der Waals surface area (Å²) in [5, 5.41) is 10.6. The number of carbonyl (C=O) groups excluding carboxylic acids is 4. The third-order valence-corrected chi connectivity index (χ3v) is 19.3. The Labute approximate surface area is 568 Å². The first-order valence-electron chi connectivity index (χ1n) is 38.8. The van der Waals surface area contributed by atoms with E-state index >= 15 is 0 Å². The molecule has 0 aromatic rings. The van der Waals surface area contributed by atoms with Crippen LogP contribution in [0.3, 0.4) is 0 Å². The first-order chi connectivity index (χ1) is 45.2. The van der Waals surface area contributed by atoms with Crippen molar-refractivity contribution in [3.05, 3.63) is 0 Å². The van der Waals surface area contributed by atoms with Gasteiger partial charge in [0.15, 0.2) is 12.2 Å². The van der Waals surface area contributed by atoms with Crippen molar-refractivity contribution in [1.82, 2.24) is 0 Å². The molecule has 5 atom stereocenters. The van der Waals surface area contributed by atoms with Crippen molar-refractivity contribution in [2.24, 2.45) is 0 Å². The molecule has 0 aliphatic carbocycles. The molecule has 0 aromatic heterocycles. The van der Waals surface area contributed by atoms with Crippen molar-refractivity contribution in [3.8, 4) is 0 Å². The number of phosphoric ester groups is 2. The number of phosphoric acid groups is 2. The number of aliphatic hydroxyl groups is 1. The monoisotopic (exact) mass is 1370 g/mol. The zero-order valence-electron chi connectivity index (χ0n) is 60.2. The first-order valence-corrected chi connectivity index (χ1v) is 41.8. The van der Waals surface area contributed by atoms with Gasteiger partial charge in [0.25, 0.3) is 0 Å². The molecule has 0 aromatic carbocycles. The number of hydrogen-bond donors (Lipinski definition) is 3. The van der Waals surface area contributed by atoms with Crippen LogP contribution in [-0.2, 0) is 65.4 Å². The molecule has 19 heteroatoms. The number of unbranched alkanes of at least 4 members (excludes halogenated alkanes) is 49. The molecule has 0 fully saturated rings. The molecule has 0 spiro atoms. The van der Waals surface area contributed by atoms with Crippen molar-refractivity contribution < 1.29 is 80.2 Å². The predicted octanol–water partition coefficient (Wildman–Crippen LogP) is 21.8. The van der Waals surface area contributed by atoms with Crippen LogP contribution in [-0.4, -0.2) is 96.7 Å². The van der Waals surface area contributed by atoms with Crippen LogP contribution < -0.4 is 0 Å². The summed E-state index contributed by atoms with van der Waals surface area (Å²) in [4.78, 5) is 72.7. The molecule has 0 saturated carbocycles. The fourth-order valence-electron chi connectivity index (χ4n) is 11.4. The Morgan fingerprint density at radius 3 is 0.634 bits per heavy atom. The number of rotatable bonds is 75. The zero-order chi connectivity index (χ0) is 68.2. The van der Waals surface area contributed by atoms with Crippen molar-refractivity contribution in [2.45, 2.75) is 412 Å². The summed E-state index contributed by atoms with van der Waals surface area (Å²) in [6.07, 6.45) is 58.0. The first kappa shape index (κ1) is 91.1. The molecule has 93 heavy (non-hydrogen) atoms. The van der Waals surface area contributed by atoms with Gasteiger partial charge in [0.2, 0.25) is 0 Å². The Morgan fingerprint density at radius 2 is 0.430 bits per heavy atom. The normalized spacial score (nSPS) is 13.9. The zero-order valence-corrected chi connectivity index (χ0v) is 62.0. The van der Waals surface area contributed by atoms with Crippen LogP contribution in [0.25, 0.3) is 0 Å². The average molecular weight is 1370 g/mol. The standard InChI is InChI=1S/C74H144O17P2/c1-5-9-13-17-21-25-29-32-34-36-40-42-46-50-54-58-71(76)84-64-69(90-73(78)60-56-52-48-44-38-28-24-20-16-12-8-4)66-88-92(80,81)86-62-68(75)63-87-93(82,83)89-67-70(91-74(79)61-57-53-49-45-39-31-27-23-19-15-11-7-3)65-85-72(77)59-55-51-47-43-41-37-35-33-30-26-22-18-14-10-6-2/h68-70,75H,5-67H2,1-4H3,(H,80,81)(H,82,83)/t68-,69+,70+/m0/s1. The third kappa shape index (κ3) is 68.4. The molecule has 0 saturated heterocycles. The van der Waals surface area contributed by atoms with Gasteiger partial charge in [-0.1, -0.05) is 342 Å². The number of esters is 4. The highest BCUT2D eigenvalue weighted by molar-refractivity contribution is 7.47. The van der Waals surface area contributed by atoms with E-state index < -0.39 is 97.5 Å². The molecule has 0 amide bonds. The van der Waals surface area contributed by atoms with Crippen molar-refractivity contribution >= 4 is 39.5 Å². The van der Waals surface area contributed by atoms with E-state index in [9.17, 15) is 43.2 Å². The van der Waals surface area contributed by atoms with Gasteiger partial charge in [-0.05, 0) is 25.7 Å². The minimum atomic E-state index is -4.95. The van der Waals surface area contributed by atoms with Crippen LogP contribution in [0.15, 0.2) is 0 Å². The summed E-state index contributed by atoms with van der Waals surface area (Å²) in [6, 6.07) is 0. The van der Waals surface area contributed by atoms with E-state index in [2.05, 4.69) is 27.7 Å². The topological polar surface area (TPSA) is 237 Å². The molecular weight excluding hydrogens is 1220 g/mol. The average Bonchev–Trinajstić information content (AvgIpc) is 3.66. The molecule has 0 aliphatic heterocycles. The molecule has 0 rings (SSSR count). The number of carbonyl (C=O) groups is 4. The van der Waals surface area contributed by atoms with Gasteiger partial charge in [0.05, 0.1) is 26.4 Å². The van der Waals surface area contributed by atoms with Crippen LogP contribution in [0.5, 0.6) is 0 Å². The summed E-state index contributed by atoms with van der Waals surface area (Å²) in [7, 11) is -9.90. The Balaban J connectivity index is 5.22. The van der Waals surface area contributed by atoms with Crippen LogP contribution in [0.4, 0.5) is 0 Å². The van der Waals surface area contributed by atoms with Gasteiger partial charge >= 0.3 is 39.5 Å². The minimum absolute atomic E-state index is 0.108. The fourth-order valence-corrected chi connectivity index (χ4v) is 13.0. The Bertz CT molecular complexity index is 1770. The number of aliphatic hydroxyl groups excluding tert-OH is 1. The van der Waals surface area contributed by atoms with Gasteiger partial charge in [-0.3, -0.25) is 37.3 Å². The molecule has 17 nitrogen and oxygen atoms in total. The maximum atomic E-state index is 13.0. The lowest BCUT2D eigenvalue weighted by Crippen LogP contribution is -2.30. The summed E-state index contributed by atoms with van der Waals surface area (Å²) >= 11 is 0. The van der Waals surface area contributed by atoms with Crippen molar-refractivity contribution in [1.29, 1.82) is 0 Å². The second-order valence-corrected chi connectivity index (χ2v) is 29.6. The second kappa shape index (κ2) is 68.6. The lowest BCUT2D eigenvalue weighted by Gasteiger charge is -2.21. The smallest absolute Gasteiger partial charge is 0.462 e. The lowest BCUT2D eigenvalue weighted by atomic mass is 10.0.